The average molecular weight is 447 g/mol. The Hall–Kier alpha value is -3.59. The van der Waals surface area contributed by atoms with Gasteiger partial charge in [-0.15, -0.1) is 0 Å². The van der Waals surface area contributed by atoms with Crippen molar-refractivity contribution < 1.29 is 4.79 Å². The number of carbonyl (C=O) groups is 1. The lowest BCUT2D eigenvalue weighted by Gasteiger charge is -2.39. The third-order valence-electron chi connectivity index (χ3n) is 7.78. The molecule has 3 nitrogen and oxygen atoms in total. The first-order valence-electron chi connectivity index (χ1n) is 12.5. The molecule has 1 N–H and O–H groups in total. The first kappa shape index (κ1) is 21.0. The zero-order valence-corrected chi connectivity index (χ0v) is 19.8. The smallest absolute Gasteiger partial charge is 0.253 e. The van der Waals surface area contributed by atoms with E-state index in [0.29, 0.717) is 11.8 Å². The van der Waals surface area contributed by atoms with Gasteiger partial charge < -0.3 is 10.2 Å². The van der Waals surface area contributed by atoms with Crippen molar-refractivity contribution in [1.29, 1.82) is 0 Å². The van der Waals surface area contributed by atoms with Crippen LogP contribution in [-0.2, 0) is 0 Å². The van der Waals surface area contributed by atoms with Gasteiger partial charge in [0.1, 0.15) is 0 Å². The fourth-order valence-corrected chi connectivity index (χ4v) is 6.09. The van der Waals surface area contributed by atoms with E-state index in [0.717, 1.165) is 30.8 Å². The fraction of sp³-hybridized carbons (Fsp3) is 0.258. The summed E-state index contributed by atoms with van der Waals surface area (Å²) in [5.74, 6) is 0.845. The monoisotopic (exact) mass is 446 g/mol. The molecule has 0 spiro atoms. The quantitative estimate of drug-likeness (QED) is 0.263. The van der Waals surface area contributed by atoms with Gasteiger partial charge in [0.25, 0.3) is 5.91 Å². The Labute approximate surface area is 201 Å². The number of nitrogens with zero attached hydrogens (tertiary/aromatic N) is 1. The van der Waals surface area contributed by atoms with Crippen LogP contribution in [0.5, 0.6) is 0 Å². The summed E-state index contributed by atoms with van der Waals surface area (Å²) in [4.78, 5) is 14.9. The van der Waals surface area contributed by atoms with Gasteiger partial charge in [-0.25, -0.2) is 0 Å². The van der Waals surface area contributed by atoms with Crippen LogP contribution in [0.4, 0.5) is 5.69 Å². The van der Waals surface area contributed by atoms with E-state index >= 15 is 0 Å². The topological polar surface area (TPSA) is 32.3 Å². The number of carbonyl (C=O) groups excluding carboxylic acids is 1. The number of allylic oxidation sites excluding steroid dienone is 2. The molecule has 3 atom stereocenters. The lowest BCUT2D eigenvalue weighted by molar-refractivity contribution is 0.0773. The lowest BCUT2D eigenvalue weighted by Crippen LogP contribution is -2.32. The summed E-state index contributed by atoms with van der Waals surface area (Å²) in [7, 11) is 0. The number of hydrogen-bond donors (Lipinski definition) is 1. The molecule has 1 aliphatic carbocycles. The van der Waals surface area contributed by atoms with Crippen molar-refractivity contribution in [2.45, 2.75) is 32.2 Å². The van der Waals surface area contributed by atoms with Crippen molar-refractivity contribution in [3.63, 3.8) is 0 Å². The van der Waals surface area contributed by atoms with E-state index in [4.69, 9.17) is 0 Å². The molecule has 1 heterocycles. The molecule has 0 fully saturated rings. The molecule has 4 aromatic rings. The van der Waals surface area contributed by atoms with E-state index in [1.54, 1.807) is 0 Å². The summed E-state index contributed by atoms with van der Waals surface area (Å²) in [6, 6.07) is 26.3. The minimum absolute atomic E-state index is 0.119. The van der Waals surface area contributed by atoms with E-state index in [1.165, 1.54) is 32.7 Å². The highest BCUT2D eigenvalue weighted by molar-refractivity contribution is 6.03. The molecule has 3 unspecified atom stereocenters. The van der Waals surface area contributed by atoms with Crippen LogP contribution in [0.3, 0.4) is 0 Å². The number of rotatable bonds is 4. The van der Waals surface area contributed by atoms with E-state index < -0.39 is 0 Å². The van der Waals surface area contributed by atoms with E-state index in [1.807, 2.05) is 24.8 Å². The molecule has 0 saturated carbocycles. The largest absolute Gasteiger partial charge is 0.378 e. The molecular formula is C31H30N2O. The Bertz CT molecular complexity index is 1380. The van der Waals surface area contributed by atoms with Crippen molar-refractivity contribution in [1.82, 2.24) is 4.90 Å². The van der Waals surface area contributed by atoms with Crippen LogP contribution in [-0.4, -0.2) is 23.9 Å². The maximum Gasteiger partial charge on any atom is 0.253 e. The second-order valence-corrected chi connectivity index (χ2v) is 9.49. The second-order valence-electron chi connectivity index (χ2n) is 9.49. The summed E-state index contributed by atoms with van der Waals surface area (Å²) in [5.41, 5.74) is 4.57. The zero-order chi connectivity index (χ0) is 23.2. The summed E-state index contributed by atoms with van der Waals surface area (Å²) in [5, 5.41) is 9.14. The minimum Gasteiger partial charge on any atom is -0.378 e. The maximum absolute atomic E-state index is 13.1. The van der Waals surface area contributed by atoms with Gasteiger partial charge in [0.15, 0.2) is 0 Å². The molecular weight excluding hydrogens is 416 g/mol. The summed E-state index contributed by atoms with van der Waals surface area (Å²) >= 11 is 0. The maximum atomic E-state index is 13.1. The summed E-state index contributed by atoms with van der Waals surface area (Å²) < 4.78 is 0. The predicted octanol–water partition coefficient (Wildman–Crippen LogP) is 7.30. The second kappa shape index (κ2) is 8.32. The van der Waals surface area contributed by atoms with Gasteiger partial charge in [-0.2, -0.15) is 0 Å². The zero-order valence-electron chi connectivity index (χ0n) is 19.8. The van der Waals surface area contributed by atoms with Crippen LogP contribution in [0.25, 0.3) is 21.5 Å². The summed E-state index contributed by atoms with van der Waals surface area (Å²) in [6.45, 7) is 5.53. The first-order chi connectivity index (χ1) is 16.7. The molecule has 0 bridgehead atoms. The van der Waals surface area contributed by atoms with Crippen LogP contribution in [0.2, 0.25) is 0 Å². The Morgan fingerprint density at radius 2 is 1.59 bits per heavy atom. The van der Waals surface area contributed by atoms with Crippen LogP contribution in [0.15, 0.2) is 84.9 Å². The number of nitrogens with one attached hydrogen (secondary N) is 1. The Balaban J connectivity index is 1.50. The number of hydrogen-bond acceptors (Lipinski definition) is 2. The molecule has 0 aromatic heterocycles. The molecule has 0 saturated heterocycles. The van der Waals surface area contributed by atoms with Crippen molar-refractivity contribution in [3.05, 3.63) is 102 Å². The highest BCUT2D eigenvalue weighted by atomic mass is 16.2. The number of fused-ring (bicyclic) bond motifs is 5. The first-order valence-corrected chi connectivity index (χ1v) is 12.5. The number of amides is 1. The number of anilines is 1. The molecule has 0 radical (unpaired) electrons. The SMILES string of the molecule is CCN(CC)C(=O)c1ccc2c(c1)C1C=CCC1C(c1c3ccccc3cc3ccccc13)N2. The highest BCUT2D eigenvalue weighted by Gasteiger charge is 2.39. The average Bonchev–Trinajstić information content (AvgIpc) is 3.38. The van der Waals surface area contributed by atoms with E-state index in [-0.39, 0.29) is 11.9 Å². The number of benzene rings is 4. The van der Waals surface area contributed by atoms with Crippen molar-refractivity contribution >= 4 is 33.1 Å². The molecule has 170 valence electrons. The fourth-order valence-electron chi connectivity index (χ4n) is 6.09. The van der Waals surface area contributed by atoms with Crippen LogP contribution < -0.4 is 5.32 Å². The van der Waals surface area contributed by atoms with Crippen LogP contribution >= 0.6 is 0 Å². The van der Waals surface area contributed by atoms with Crippen LogP contribution in [0.1, 0.15) is 53.7 Å². The summed E-state index contributed by atoms with van der Waals surface area (Å²) in [6.07, 6.45) is 5.72. The van der Waals surface area contributed by atoms with Gasteiger partial charge in [0.2, 0.25) is 0 Å². The van der Waals surface area contributed by atoms with Crippen molar-refractivity contribution in [2.24, 2.45) is 5.92 Å². The van der Waals surface area contributed by atoms with Gasteiger partial charge in [0, 0.05) is 30.3 Å². The predicted molar refractivity (Wildman–Crippen MR) is 141 cm³/mol. The molecule has 3 heteroatoms. The van der Waals surface area contributed by atoms with Crippen LogP contribution in [0, 0.1) is 5.92 Å². The lowest BCUT2D eigenvalue weighted by atomic mass is 9.74. The van der Waals surface area contributed by atoms with Gasteiger partial charge in [0.05, 0.1) is 6.04 Å². The van der Waals surface area contributed by atoms with Crippen molar-refractivity contribution in [3.8, 4) is 0 Å². The van der Waals surface area contributed by atoms with E-state index in [2.05, 4.69) is 84.2 Å². The van der Waals surface area contributed by atoms with Gasteiger partial charge >= 0.3 is 0 Å². The molecule has 4 aromatic carbocycles. The molecule has 34 heavy (non-hydrogen) atoms. The standard InChI is InChI=1S/C31H30N2O/c1-3-33(4-2)31(34)22-16-17-28-27(19-22)25-14-9-15-26(25)30(32-28)29-23-12-7-5-10-20(23)18-21-11-6-8-13-24(21)29/h5-14,16-19,25-26,30,32H,3-4,15H2,1-2H3. The Kier molecular flexibility index (Phi) is 5.13. The minimum atomic E-state index is 0.119. The van der Waals surface area contributed by atoms with Gasteiger partial charge in [-0.05, 0) is 83.1 Å². The Morgan fingerprint density at radius 1 is 0.912 bits per heavy atom. The third kappa shape index (κ3) is 3.22. The highest BCUT2D eigenvalue weighted by Crippen LogP contribution is 2.52. The van der Waals surface area contributed by atoms with Crippen molar-refractivity contribution in [2.75, 3.05) is 18.4 Å². The van der Waals surface area contributed by atoms with E-state index in [9.17, 15) is 4.79 Å². The molecule has 1 amide bonds. The molecule has 1 aliphatic heterocycles. The Morgan fingerprint density at radius 3 is 2.26 bits per heavy atom. The molecule has 6 rings (SSSR count). The van der Waals surface area contributed by atoms with Gasteiger partial charge in [-0.1, -0.05) is 60.7 Å². The normalized spacial score (nSPS) is 20.7. The van der Waals surface area contributed by atoms with Gasteiger partial charge in [-0.3, -0.25) is 4.79 Å². The molecule has 2 aliphatic rings. The third-order valence-corrected chi connectivity index (χ3v) is 7.78.